The van der Waals surface area contributed by atoms with Crippen LogP contribution in [-0.4, -0.2) is 18.1 Å². The maximum Gasteiger partial charge on any atom is 0.244 e. The highest BCUT2D eigenvalue weighted by molar-refractivity contribution is 9.10. The summed E-state index contributed by atoms with van der Waals surface area (Å²) in [6.07, 6.45) is 3.28. The van der Waals surface area contributed by atoms with Gasteiger partial charge in [0.1, 0.15) is 5.75 Å². The van der Waals surface area contributed by atoms with Crippen LogP contribution >= 0.6 is 15.9 Å². The van der Waals surface area contributed by atoms with Crippen LogP contribution < -0.4 is 10.1 Å². The lowest BCUT2D eigenvalue weighted by Crippen LogP contribution is -2.39. The number of nitrogens with one attached hydrogen (secondary N) is 1. The van der Waals surface area contributed by atoms with Gasteiger partial charge in [0.2, 0.25) is 5.91 Å². The minimum atomic E-state index is -0.235. The number of carbonyl (C=O) groups excluding carboxylic acids is 1. The molecule has 4 heteroatoms. The zero-order valence-electron chi connectivity index (χ0n) is 11.8. The minimum Gasteiger partial charge on any atom is -0.493 e. The molecule has 0 aliphatic heterocycles. The van der Waals surface area contributed by atoms with Gasteiger partial charge >= 0.3 is 0 Å². The maximum absolute atomic E-state index is 11.7. The second-order valence-electron chi connectivity index (χ2n) is 5.19. The predicted octanol–water partition coefficient (Wildman–Crippen LogP) is 3.78. The van der Waals surface area contributed by atoms with Gasteiger partial charge in [-0.1, -0.05) is 15.9 Å². The Morgan fingerprint density at radius 3 is 2.68 bits per heavy atom. The van der Waals surface area contributed by atoms with Crippen molar-refractivity contribution in [3.05, 3.63) is 34.3 Å². The Hall–Kier alpha value is -1.29. The summed E-state index contributed by atoms with van der Waals surface area (Å²) in [4.78, 5) is 11.7. The van der Waals surface area contributed by atoms with Crippen molar-refractivity contribution in [1.29, 1.82) is 0 Å². The molecule has 1 amide bonds. The second-order valence-corrected chi connectivity index (χ2v) is 6.10. The summed E-state index contributed by atoms with van der Waals surface area (Å²) in [7, 11) is 0. The van der Waals surface area contributed by atoms with Gasteiger partial charge in [-0.2, -0.15) is 0 Å². The minimum absolute atomic E-state index is 0.116. The van der Waals surface area contributed by atoms with Crippen LogP contribution in [0.5, 0.6) is 5.75 Å². The summed E-state index contributed by atoms with van der Waals surface area (Å²) in [6.45, 7) is 8.37. The lowest BCUT2D eigenvalue weighted by molar-refractivity contribution is -0.117. The Morgan fingerprint density at radius 1 is 1.42 bits per heavy atom. The van der Waals surface area contributed by atoms with Crippen LogP contribution in [0.3, 0.4) is 0 Å². The van der Waals surface area contributed by atoms with Crippen LogP contribution in [0.1, 0.15) is 33.3 Å². The Bertz CT molecular complexity index is 476. The van der Waals surface area contributed by atoms with Gasteiger partial charge in [0.05, 0.1) is 6.61 Å². The first-order valence-electron chi connectivity index (χ1n) is 6.24. The van der Waals surface area contributed by atoms with Gasteiger partial charge in [0, 0.05) is 21.7 Å². The highest BCUT2D eigenvalue weighted by Crippen LogP contribution is 2.24. The molecule has 0 aromatic heterocycles. The van der Waals surface area contributed by atoms with E-state index < -0.39 is 0 Å². The van der Waals surface area contributed by atoms with Gasteiger partial charge in [-0.25, -0.2) is 0 Å². The van der Waals surface area contributed by atoms with Crippen molar-refractivity contribution in [3.8, 4) is 5.75 Å². The Balaban J connectivity index is 2.86. The second kappa shape index (κ2) is 6.75. The summed E-state index contributed by atoms with van der Waals surface area (Å²) >= 11 is 3.41. The van der Waals surface area contributed by atoms with E-state index >= 15 is 0 Å². The van der Waals surface area contributed by atoms with Crippen molar-refractivity contribution in [2.75, 3.05) is 6.61 Å². The van der Waals surface area contributed by atoms with Crippen LogP contribution in [0.15, 0.2) is 28.7 Å². The summed E-state index contributed by atoms with van der Waals surface area (Å²) < 4.78 is 6.47. The molecule has 1 N–H and O–H groups in total. The summed E-state index contributed by atoms with van der Waals surface area (Å²) in [5.41, 5.74) is 0.641. The first-order valence-corrected chi connectivity index (χ1v) is 7.03. The third-order valence-corrected chi connectivity index (χ3v) is 2.68. The zero-order valence-corrected chi connectivity index (χ0v) is 13.4. The van der Waals surface area contributed by atoms with Crippen molar-refractivity contribution >= 4 is 27.9 Å². The normalized spacial score (nSPS) is 11.6. The van der Waals surface area contributed by atoms with E-state index in [4.69, 9.17) is 4.74 Å². The summed E-state index contributed by atoms with van der Waals surface area (Å²) in [5, 5.41) is 2.88. The third-order valence-electron chi connectivity index (χ3n) is 2.18. The van der Waals surface area contributed by atoms with E-state index in [0.29, 0.717) is 6.61 Å². The molecule has 0 saturated carbocycles. The molecule has 0 spiro atoms. The average molecular weight is 326 g/mol. The SMILES string of the molecule is CCOc1ccc(Br)cc1/C=C/C(=O)NC(C)(C)C. The lowest BCUT2D eigenvalue weighted by atomic mass is 10.1. The van der Waals surface area contributed by atoms with E-state index in [1.807, 2.05) is 45.9 Å². The van der Waals surface area contributed by atoms with Gasteiger partial charge < -0.3 is 10.1 Å². The Morgan fingerprint density at radius 2 is 2.11 bits per heavy atom. The molecule has 104 valence electrons. The molecular weight excluding hydrogens is 306 g/mol. The molecule has 0 saturated heterocycles. The van der Waals surface area contributed by atoms with Crippen LogP contribution in [0.25, 0.3) is 6.08 Å². The highest BCUT2D eigenvalue weighted by atomic mass is 79.9. The monoisotopic (exact) mass is 325 g/mol. The average Bonchev–Trinajstić information content (AvgIpc) is 2.27. The molecule has 3 nitrogen and oxygen atoms in total. The molecule has 0 bridgehead atoms. The fourth-order valence-corrected chi connectivity index (χ4v) is 1.89. The fraction of sp³-hybridized carbons (Fsp3) is 0.400. The number of hydrogen-bond acceptors (Lipinski definition) is 2. The van der Waals surface area contributed by atoms with Gasteiger partial charge in [-0.3, -0.25) is 4.79 Å². The molecular formula is C15H20BrNO2. The van der Waals surface area contributed by atoms with Crippen LogP contribution in [0, 0.1) is 0 Å². The number of hydrogen-bond donors (Lipinski definition) is 1. The van der Waals surface area contributed by atoms with Crippen molar-refractivity contribution in [2.45, 2.75) is 33.2 Å². The summed E-state index contributed by atoms with van der Waals surface area (Å²) in [5.74, 6) is 0.653. The van der Waals surface area contributed by atoms with Crippen molar-refractivity contribution < 1.29 is 9.53 Å². The molecule has 0 fully saturated rings. The number of ether oxygens (including phenoxy) is 1. The van der Waals surface area contributed by atoms with E-state index in [9.17, 15) is 4.79 Å². The van der Waals surface area contributed by atoms with Crippen molar-refractivity contribution in [2.24, 2.45) is 0 Å². The molecule has 1 aromatic rings. The number of benzene rings is 1. The van der Waals surface area contributed by atoms with Crippen LogP contribution in [0.2, 0.25) is 0 Å². The molecule has 1 aromatic carbocycles. The molecule has 0 unspecified atom stereocenters. The quantitative estimate of drug-likeness (QED) is 0.855. The number of carbonyl (C=O) groups is 1. The van der Waals surface area contributed by atoms with Gasteiger partial charge in [0.15, 0.2) is 0 Å². The van der Waals surface area contributed by atoms with Crippen LogP contribution in [-0.2, 0) is 4.79 Å². The molecule has 0 heterocycles. The molecule has 0 atom stereocenters. The predicted molar refractivity (Wildman–Crippen MR) is 82.2 cm³/mol. The first-order chi connectivity index (χ1) is 8.81. The van der Waals surface area contributed by atoms with Gasteiger partial charge in [-0.05, 0) is 52.0 Å². The number of rotatable bonds is 4. The fourth-order valence-electron chi connectivity index (χ4n) is 1.51. The highest BCUT2D eigenvalue weighted by Gasteiger charge is 2.11. The largest absolute Gasteiger partial charge is 0.493 e. The zero-order chi connectivity index (χ0) is 14.5. The van der Waals surface area contributed by atoms with Gasteiger partial charge in [0.25, 0.3) is 0 Å². The number of halogens is 1. The number of amides is 1. The Kier molecular flexibility index (Phi) is 5.60. The standard InChI is InChI=1S/C15H20BrNO2/c1-5-19-13-8-7-12(16)10-11(13)6-9-14(18)17-15(2,3)4/h6-10H,5H2,1-4H3,(H,17,18)/b9-6+. The van der Waals surface area contributed by atoms with E-state index in [1.165, 1.54) is 6.08 Å². The lowest BCUT2D eigenvalue weighted by Gasteiger charge is -2.19. The van der Waals surface area contributed by atoms with E-state index in [0.717, 1.165) is 15.8 Å². The molecule has 0 aliphatic carbocycles. The molecule has 19 heavy (non-hydrogen) atoms. The molecule has 1 rings (SSSR count). The smallest absolute Gasteiger partial charge is 0.244 e. The van der Waals surface area contributed by atoms with Crippen molar-refractivity contribution in [1.82, 2.24) is 5.32 Å². The first kappa shape index (κ1) is 15.8. The van der Waals surface area contributed by atoms with Crippen molar-refractivity contribution in [3.63, 3.8) is 0 Å². The Labute approximate surface area is 123 Å². The van der Waals surface area contributed by atoms with Crippen LogP contribution in [0.4, 0.5) is 0 Å². The molecule has 0 aliphatic rings. The maximum atomic E-state index is 11.7. The topological polar surface area (TPSA) is 38.3 Å². The third kappa shape index (κ3) is 5.92. The molecule has 0 radical (unpaired) electrons. The van der Waals surface area contributed by atoms with E-state index in [-0.39, 0.29) is 11.4 Å². The van der Waals surface area contributed by atoms with Gasteiger partial charge in [-0.15, -0.1) is 0 Å². The summed E-state index contributed by atoms with van der Waals surface area (Å²) in [6, 6.07) is 5.72. The van der Waals surface area contributed by atoms with E-state index in [1.54, 1.807) is 6.08 Å². The van der Waals surface area contributed by atoms with E-state index in [2.05, 4.69) is 21.2 Å².